The van der Waals surface area contributed by atoms with Crippen LogP contribution in [0.3, 0.4) is 0 Å². The highest BCUT2D eigenvalue weighted by Gasteiger charge is 2.19. The molecule has 0 saturated carbocycles. The molecule has 3 heterocycles. The fourth-order valence-electron chi connectivity index (χ4n) is 3.29. The molecule has 0 atom stereocenters. The van der Waals surface area contributed by atoms with Crippen molar-refractivity contribution in [1.29, 1.82) is 0 Å². The first kappa shape index (κ1) is 19.3. The van der Waals surface area contributed by atoms with Gasteiger partial charge in [-0.05, 0) is 51.1 Å². The molecule has 1 fully saturated rings. The van der Waals surface area contributed by atoms with Crippen LogP contribution in [0.5, 0.6) is 0 Å². The molecule has 3 aromatic rings. The monoisotopic (exact) mass is 393 g/mol. The van der Waals surface area contributed by atoms with Crippen LogP contribution in [0.25, 0.3) is 11.0 Å². The van der Waals surface area contributed by atoms with Gasteiger partial charge in [-0.2, -0.15) is 0 Å². The van der Waals surface area contributed by atoms with Crippen molar-refractivity contribution < 1.29 is 13.6 Å². The van der Waals surface area contributed by atoms with E-state index in [1.54, 1.807) is 16.9 Å². The van der Waals surface area contributed by atoms with Crippen molar-refractivity contribution in [1.82, 2.24) is 25.6 Å². The summed E-state index contributed by atoms with van der Waals surface area (Å²) in [5.74, 6) is -0.0209. The van der Waals surface area contributed by atoms with Crippen LogP contribution < -0.4 is 10.6 Å². The number of aromatic nitrogens is 3. The van der Waals surface area contributed by atoms with Gasteiger partial charge in [-0.15, -0.1) is 17.5 Å². The van der Waals surface area contributed by atoms with Crippen LogP contribution in [0, 0.1) is 12.7 Å². The molecule has 1 aromatic carbocycles. The number of piperidine rings is 1. The molecule has 1 aliphatic rings. The number of rotatable bonds is 4. The molecule has 9 heteroatoms. The Morgan fingerprint density at radius 2 is 2.19 bits per heavy atom. The lowest BCUT2D eigenvalue weighted by atomic mass is 10.1. The Morgan fingerprint density at radius 3 is 2.96 bits per heavy atom. The number of furan rings is 1. The van der Waals surface area contributed by atoms with Gasteiger partial charge in [0.25, 0.3) is 5.91 Å². The van der Waals surface area contributed by atoms with E-state index in [9.17, 15) is 9.18 Å². The smallest absolute Gasteiger partial charge is 0.273 e. The molecule has 0 spiro atoms. The zero-order valence-electron chi connectivity index (χ0n) is 14.9. The van der Waals surface area contributed by atoms with Crippen LogP contribution >= 0.6 is 12.4 Å². The zero-order valence-corrected chi connectivity index (χ0v) is 15.7. The summed E-state index contributed by atoms with van der Waals surface area (Å²) in [5, 5.41) is 14.9. The third-order valence-corrected chi connectivity index (χ3v) is 4.83. The van der Waals surface area contributed by atoms with Gasteiger partial charge in [-0.25, -0.2) is 9.07 Å². The molecule has 0 bridgehead atoms. The quantitative estimate of drug-likeness (QED) is 0.712. The molecule has 0 radical (unpaired) electrons. The normalized spacial score (nSPS) is 14.9. The van der Waals surface area contributed by atoms with Crippen molar-refractivity contribution in [3.8, 4) is 0 Å². The highest BCUT2D eigenvalue weighted by molar-refractivity contribution is 5.92. The van der Waals surface area contributed by atoms with Crippen LogP contribution in [0.1, 0.15) is 40.7 Å². The van der Waals surface area contributed by atoms with Crippen LogP contribution in [0.2, 0.25) is 0 Å². The first-order valence-corrected chi connectivity index (χ1v) is 8.70. The summed E-state index contributed by atoms with van der Waals surface area (Å²) in [6.45, 7) is 3.94. The van der Waals surface area contributed by atoms with Gasteiger partial charge in [0.05, 0.1) is 18.8 Å². The maximum absolute atomic E-state index is 13.4. The molecule has 1 saturated heterocycles. The van der Waals surface area contributed by atoms with Gasteiger partial charge in [0.1, 0.15) is 17.2 Å². The highest BCUT2D eigenvalue weighted by atomic mass is 35.5. The minimum Gasteiger partial charge on any atom is -0.459 e. The first-order valence-electron chi connectivity index (χ1n) is 8.70. The van der Waals surface area contributed by atoms with Crippen molar-refractivity contribution in [3.05, 3.63) is 47.2 Å². The second-order valence-corrected chi connectivity index (χ2v) is 6.54. The molecule has 0 unspecified atom stereocenters. The van der Waals surface area contributed by atoms with E-state index in [1.807, 2.05) is 6.92 Å². The number of hydrogen-bond acceptors (Lipinski definition) is 5. The van der Waals surface area contributed by atoms with E-state index in [2.05, 4.69) is 20.9 Å². The number of benzene rings is 1. The summed E-state index contributed by atoms with van der Waals surface area (Å²) in [5.41, 5.74) is 1.70. The molecule has 2 aromatic heterocycles. The van der Waals surface area contributed by atoms with Gasteiger partial charge in [0.15, 0.2) is 5.69 Å². The number of nitrogens with zero attached hydrogens (tertiary/aromatic N) is 3. The number of carbonyl (C=O) groups is 1. The van der Waals surface area contributed by atoms with Gasteiger partial charge in [0, 0.05) is 10.9 Å². The van der Waals surface area contributed by atoms with Gasteiger partial charge < -0.3 is 15.1 Å². The van der Waals surface area contributed by atoms with Crippen molar-refractivity contribution in [2.24, 2.45) is 0 Å². The fourth-order valence-corrected chi connectivity index (χ4v) is 3.29. The third kappa shape index (κ3) is 3.96. The Balaban J connectivity index is 0.00000210. The van der Waals surface area contributed by atoms with E-state index < -0.39 is 0 Å². The topological polar surface area (TPSA) is 85.0 Å². The lowest BCUT2D eigenvalue weighted by molar-refractivity contribution is 0.0943. The standard InChI is InChI=1S/C18H20FN5O2.ClH/c1-11-14-8-12(19)2-3-16(14)26-17(11)9-21-18(25)15-10-24(23-22-15)13-4-6-20-7-5-13;/h2-3,8,10,13,20H,4-7,9H2,1H3,(H,21,25);1H. The largest absolute Gasteiger partial charge is 0.459 e. The van der Waals surface area contributed by atoms with Gasteiger partial charge in [-0.3, -0.25) is 4.79 Å². The summed E-state index contributed by atoms with van der Waals surface area (Å²) in [7, 11) is 0. The maximum Gasteiger partial charge on any atom is 0.273 e. The van der Waals surface area contributed by atoms with E-state index in [1.165, 1.54) is 12.1 Å². The van der Waals surface area contributed by atoms with E-state index in [0.29, 0.717) is 16.7 Å². The number of aryl methyl sites for hydroxylation is 1. The average Bonchev–Trinajstić information content (AvgIpc) is 3.27. The van der Waals surface area contributed by atoms with Crippen LogP contribution in [-0.2, 0) is 6.54 Å². The number of amides is 1. The number of fused-ring (bicyclic) bond motifs is 1. The second kappa shape index (κ2) is 8.06. The highest BCUT2D eigenvalue weighted by Crippen LogP contribution is 2.26. The van der Waals surface area contributed by atoms with Gasteiger partial charge in [0.2, 0.25) is 0 Å². The van der Waals surface area contributed by atoms with Crippen molar-refractivity contribution >= 4 is 29.3 Å². The molecular formula is C18H21ClFN5O2. The van der Waals surface area contributed by atoms with E-state index >= 15 is 0 Å². The van der Waals surface area contributed by atoms with Crippen molar-refractivity contribution in [2.45, 2.75) is 32.4 Å². The maximum atomic E-state index is 13.4. The Kier molecular flexibility index (Phi) is 5.76. The average molecular weight is 394 g/mol. The fraction of sp³-hybridized carbons (Fsp3) is 0.389. The molecule has 27 heavy (non-hydrogen) atoms. The number of hydrogen-bond donors (Lipinski definition) is 2. The minimum atomic E-state index is -0.313. The van der Waals surface area contributed by atoms with E-state index in [0.717, 1.165) is 31.5 Å². The lowest BCUT2D eigenvalue weighted by Crippen LogP contribution is -2.29. The van der Waals surface area contributed by atoms with Crippen molar-refractivity contribution in [2.75, 3.05) is 13.1 Å². The van der Waals surface area contributed by atoms with E-state index in [-0.39, 0.29) is 42.4 Å². The number of nitrogens with one attached hydrogen (secondary N) is 2. The predicted octanol–water partition coefficient (Wildman–Crippen LogP) is 2.75. The Bertz CT molecular complexity index is 949. The molecule has 0 aliphatic carbocycles. The third-order valence-electron chi connectivity index (χ3n) is 4.83. The molecule has 7 nitrogen and oxygen atoms in total. The molecule has 1 amide bonds. The number of carbonyl (C=O) groups excluding carboxylic acids is 1. The van der Waals surface area contributed by atoms with Gasteiger partial charge >= 0.3 is 0 Å². The summed E-state index contributed by atoms with van der Waals surface area (Å²) >= 11 is 0. The summed E-state index contributed by atoms with van der Waals surface area (Å²) < 4.78 is 20.9. The zero-order chi connectivity index (χ0) is 18.1. The van der Waals surface area contributed by atoms with Crippen LogP contribution in [0.15, 0.2) is 28.8 Å². The molecule has 144 valence electrons. The Labute approximate surface area is 161 Å². The summed E-state index contributed by atoms with van der Waals surface area (Å²) in [6.07, 6.45) is 3.63. The van der Waals surface area contributed by atoms with Crippen LogP contribution in [0.4, 0.5) is 4.39 Å². The minimum absolute atomic E-state index is 0. The lowest BCUT2D eigenvalue weighted by Gasteiger charge is -2.22. The summed E-state index contributed by atoms with van der Waals surface area (Å²) in [6, 6.07) is 4.66. The molecule has 1 aliphatic heterocycles. The predicted molar refractivity (Wildman–Crippen MR) is 100 cm³/mol. The Hall–Kier alpha value is -2.45. The first-order chi connectivity index (χ1) is 12.6. The molecule has 2 N–H and O–H groups in total. The van der Waals surface area contributed by atoms with Crippen molar-refractivity contribution in [3.63, 3.8) is 0 Å². The summed E-state index contributed by atoms with van der Waals surface area (Å²) in [4.78, 5) is 12.4. The SMILES string of the molecule is Cc1c(CNC(=O)c2cn(C3CCNCC3)nn2)oc2ccc(F)cc12.Cl. The molecule has 4 rings (SSSR count). The molecular weight excluding hydrogens is 373 g/mol. The van der Waals surface area contributed by atoms with Gasteiger partial charge in [-0.1, -0.05) is 5.21 Å². The van der Waals surface area contributed by atoms with E-state index in [4.69, 9.17) is 4.42 Å². The Morgan fingerprint density at radius 1 is 1.41 bits per heavy atom. The number of halogens is 2. The second-order valence-electron chi connectivity index (χ2n) is 6.54. The van der Waals surface area contributed by atoms with Crippen LogP contribution in [-0.4, -0.2) is 34.0 Å².